The Morgan fingerprint density at radius 1 is 1.14 bits per heavy atom. The van der Waals surface area contributed by atoms with Crippen molar-refractivity contribution < 1.29 is 33.3 Å². The maximum absolute atomic E-state index is 14.1. The van der Waals surface area contributed by atoms with Gasteiger partial charge in [-0.2, -0.15) is 0 Å². The average Bonchev–Trinajstić information content (AvgIpc) is 3.46. The normalized spacial score (nSPS) is 24.3. The van der Waals surface area contributed by atoms with Crippen LogP contribution in [0.15, 0.2) is 42.5 Å². The highest BCUT2D eigenvalue weighted by molar-refractivity contribution is 6.09. The van der Waals surface area contributed by atoms with E-state index in [1.165, 1.54) is 4.90 Å². The molecule has 35 heavy (non-hydrogen) atoms. The molecule has 1 saturated heterocycles. The van der Waals surface area contributed by atoms with E-state index in [1.54, 1.807) is 44.1 Å². The molecule has 2 aromatic carbocycles. The van der Waals surface area contributed by atoms with Gasteiger partial charge >= 0.3 is 5.97 Å². The van der Waals surface area contributed by atoms with Gasteiger partial charge in [-0.05, 0) is 43.7 Å². The first-order chi connectivity index (χ1) is 16.9. The standard InChI is InChI=1S/C26H28N2O7/c1-4-33-24(30)18-14-28(23(29)16-9-10-20-21(13-16)35-15-34-20)26(2)22(18)17-7-5-6-8-19(17)27(25(26)31)11-12-32-3/h5-10,13,18,22H,4,11-12,14-15H2,1-3H3/t18-,22+,26-/m0/s1. The number of carbonyl (C=O) groups is 3. The monoisotopic (exact) mass is 480 g/mol. The summed E-state index contributed by atoms with van der Waals surface area (Å²) in [4.78, 5) is 44.3. The van der Waals surface area contributed by atoms with Crippen LogP contribution >= 0.6 is 0 Å². The Bertz CT molecular complexity index is 1180. The van der Waals surface area contributed by atoms with Crippen LogP contribution in [0.3, 0.4) is 0 Å². The quantitative estimate of drug-likeness (QED) is 0.587. The summed E-state index contributed by atoms with van der Waals surface area (Å²) in [7, 11) is 1.58. The number of rotatable bonds is 6. The van der Waals surface area contributed by atoms with Crippen LogP contribution in [0.5, 0.6) is 11.5 Å². The van der Waals surface area contributed by atoms with Crippen LogP contribution < -0.4 is 14.4 Å². The molecule has 5 rings (SSSR count). The van der Waals surface area contributed by atoms with Crippen LogP contribution in [-0.2, 0) is 19.1 Å². The van der Waals surface area contributed by atoms with Crippen LogP contribution in [0.25, 0.3) is 0 Å². The molecule has 0 unspecified atom stereocenters. The average molecular weight is 481 g/mol. The van der Waals surface area contributed by atoms with Gasteiger partial charge in [0.15, 0.2) is 11.5 Å². The van der Waals surface area contributed by atoms with E-state index in [9.17, 15) is 14.4 Å². The van der Waals surface area contributed by atoms with E-state index in [1.807, 2.05) is 24.3 Å². The van der Waals surface area contributed by atoms with Gasteiger partial charge in [-0.3, -0.25) is 14.4 Å². The van der Waals surface area contributed by atoms with Crippen molar-refractivity contribution in [3.63, 3.8) is 0 Å². The number of amides is 2. The molecule has 0 aliphatic carbocycles. The highest BCUT2D eigenvalue weighted by Crippen LogP contribution is 2.53. The maximum atomic E-state index is 14.1. The minimum absolute atomic E-state index is 0.0610. The number of hydrogen-bond donors (Lipinski definition) is 0. The molecule has 0 aromatic heterocycles. The number of likely N-dealkylation sites (tertiary alicyclic amines) is 1. The van der Waals surface area contributed by atoms with E-state index in [0.29, 0.717) is 30.2 Å². The van der Waals surface area contributed by atoms with Gasteiger partial charge in [0.25, 0.3) is 11.8 Å². The lowest BCUT2D eigenvalue weighted by molar-refractivity contribution is -0.148. The highest BCUT2D eigenvalue weighted by Gasteiger charge is 2.63. The summed E-state index contributed by atoms with van der Waals surface area (Å²) in [5.41, 5.74) is 0.620. The molecule has 0 bridgehead atoms. The number of methoxy groups -OCH3 is 1. The summed E-state index contributed by atoms with van der Waals surface area (Å²) in [5.74, 6) is -1.24. The van der Waals surface area contributed by atoms with Crippen LogP contribution in [0, 0.1) is 5.92 Å². The Morgan fingerprint density at radius 2 is 1.91 bits per heavy atom. The van der Waals surface area contributed by atoms with Crippen molar-refractivity contribution in [3.8, 4) is 11.5 Å². The van der Waals surface area contributed by atoms with Gasteiger partial charge in [-0.25, -0.2) is 0 Å². The second-order valence-electron chi connectivity index (χ2n) is 8.98. The highest BCUT2D eigenvalue weighted by atomic mass is 16.7. The van der Waals surface area contributed by atoms with Crippen molar-refractivity contribution in [2.45, 2.75) is 25.3 Å². The zero-order chi connectivity index (χ0) is 24.7. The van der Waals surface area contributed by atoms with Crippen molar-refractivity contribution in [2.75, 3.05) is 45.1 Å². The molecule has 9 nitrogen and oxygen atoms in total. The number of fused-ring (bicyclic) bond motifs is 4. The van der Waals surface area contributed by atoms with Gasteiger partial charge in [0, 0.05) is 37.4 Å². The zero-order valence-electron chi connectivity index (χ0n) is 20.0. The molecule has 3 atom stereocenters. The lowest BCUT2D eigenvalue weighted by atomic mass is 9.72. The third-order valence-corrected chi connectivity index (χ3v) is 7.16. The van der Waals surface area contributed by atoms with Gasteiger partial charge in [-0.15, -0.1) is 0 Å². The van der Waals surface area contributed by atoms with E-state index in [0.717, 1.165) is 11.3 Å². The summed E-state index contributed by atoms with van der Waals surface area (Å²) in [6.07, 6.45) is 0. The van der Waals surface area contributed by atoms with Crippen LogP contribution in [-0.4, -0.2) is 68.4 Å². The summed E-state index contributed by atoms with van der Waals surface area (Å²) < 4.78 is 21.5. The fraction of sp³-hybridized carbons (Fsp3) is 0.423. The minimum Gasteiger partial charge on any atom is -0.466 e. The number of anilines is 1. The van der Waals surface area contributed by atoms with Gasteiger partial charge in [-0.1, -0.05) is 18.2 Å². The molecule has 184 valence electrons. The van der Waals surface area contributed by atoms with Crippen molar-refractivity contribution in [1.29, 1.82) is 0 Å². The largest absolute Gasteiger partial charge is 0.466 e. The van der Waals surface area contributed by atoms with E-state index < -0.39 is 23.3 Å². The molecule has 0 spiro atoms. The van der Waals surface area contributed by atoms with E-state index >= 15 is 0 Å². The van der Waals surface area contributed by atoms with Gasteiger partial charge in [0.1, 0.15) is 5.54 Å². The first-order valence-corrected chi connectivity index (χ1v) is 11.7. The van der Waals surface area contributed by atoms with Gasteiger partial charge in [0.2, 0.25) is 6.79 Å². The number of nitrogens with zero attached hydrogens (tertiary/aromatic N) is 2. The Kier molecular flexibility index (Phi) is 5.88. The molecule has 0 N–H and O–H groups in total. The molecule has 0 saturated carbocycles. The SMILES string of the molecule is CCOC(=O)[C@H]1CN(C(=O)c2ccc3c(c2)OCO3)[C@]2(C)C(=O)N(CCOC)c3ccccc3[C@H]12. The Labute approximate surface area is 203 Å². The van der Waals surface area contributed by atoms with Crippen LogP contribution in [0.4, 0.5) is 5.69 Å². The first kappa shape index (κ1) is 23.2. The van der Waals surface area contributed by atoms with Gasteiger partial charge in [0.05, 0.1) is 19.1 Å². The topological polar surface area (TPSA) is 94.6 Å². The number of esters is 1. The predicted octanol–water partition coefficient (Wildman–Crippen LogP) is 2.59. The van der Waals surface area contributed by atoms with E-state index in [-0.39, 0.29) is 31.8 Å². The molecule has 1 fully saturated rings. The van der Waals surface area contributed by atoms with Crippen molar-refractivity contribution in [3.05, 3.63) is 53.6 Å². The smallest absolute Gasteiger partial charge is 0.311 e. The van der Waals surface area contributed by atoms with Gasteiger partial charge < -0.3 is 28.7 Å². The predicted molar refractivity (Wildman–Crippen MR) is 126 cm³/mol. The van der Waals surface area contributed by atoms with E-state index in [4.69, 9.17) is 18.9 Å². The molecule has 3 aliphatic rings. The van der Waals surface area contributed by atoms with Crippen molar-refractivity contribution >= 4 is 23.5 Å². The Balaban J connectivity index is 1.62. The van der Waals surface area contributed by atoms with Crippen molar-refractivity contribution in [1.82, 2.24) is 4.90 Å². The lowest BCUT2D eigenvalue weighted by Gasteiger charge is -2.46. The Morgan fingerprint density at radius 3 is 2.69 bits per heavy atom. The molecular formula is C26H28N2O7. The first-order valence-electron chi connectivity index (χ1n) is 11.7. The summed E-state index contributed by atoms with van der Waals surface area (Å²) in [5, 5.41) is 0. The molecular weight excluding hydrogens is 452 g/mol. The summed E-state index contributed by atoms with van der Waals surface area (Å²) in [6.45, 7) is 4.51. The molecule has 9 heteroatoms. The lowest BCUT2D eigenvalue weighted by Crippen LogP contribution is -2.62. The fourth-order valence-electron chi connectivity index (χ4n) is 5.54. The van der Waals surface area contributed by atoms with E-state index in [2.05, 4.69) is 0 Å². The van der Waals surface area contributed by atoms with Crippen LogP contribution in [0.2, 0.25) is 0 Å². The fourth-order valence-corrected chi connectivity index (χ4v) is 5.54. The number of carbonyl (C=O) groups excluding carboxylic acids is 3. The molecule has 2 aromatic rings. The molecule has 3 heterocycles. The number of benzene rings is 2. The summed E-state index contributed by atoms with van der Waals surface area (Å²) >= 11 is 0. The maximum Gasteiger partial charge on any atom is 0.311 e. The third kappa shape index (κ3) is 3.53. The molecule has 2 amide bonds. The Hall–Kier alpha value is -3.59. The number of ether oxygens (including phenoxy) is 4. The zero-order valence-corrected chi connectivity index (χ0v) is 20.0. The second-order valence-corrected chi connectivity index (χ2v) is 8.98. The van der Waals surface area contributed by atoms with Crippen LogP contribution in [0.1, 0.15) is 35.7 Å². The number of hydrogen-bond acceptors (Lipinski definition) is 7. The summed E-state index contributed by atoms with van der Waals surface area (Å²) in [6, 6.07) is 12.5. The molecule has 3 aliphatic heterocycles. The minimum atomic E-state index is -1.30. The number of para-hydroxylation sites is 1. The van der Waals surface area contributed by atoms with Crippen molar-refractivity contribution in [2.24, 2.45) is 5.92 Å². The third-order valence-electron chi connectivity index (χ3n) is 7.16. The molecule has 0 radical (unpaired) electrons. The second kappa shape index (κ2) is 8.88.